The van der Waals surface area contributed by atoms with Crippen LogP contribution in [0.15, 0.2) is 47.4 Å². The maximum Gasteiger partial charge on any atom is 0.306 e. The van der Waals surface area contributed by atoms with Crippen molar-refractivity contribution < 1.29 is 33.4 Å². The fraction of sp³-hybridized carbons (Fsp3) is 0.190. The maximum atomic E-state index is 13.1. The number of halogens is 1. The van der Waals surface area contributed by atoms with Crippen LogP contribution in [0.1, 0.15) is 18.9 Å². The van der Waals surface area contributed by atoms with Crippen molar-refractivity contribution in [2.45, 2.75) is 13.3 Å². The minimum absolute atomic E-state index is 0.00862. The van der Waals surface area contributed by atoms with Crippen LogP contribution in [0, 0.1) is 5.82 Å². The number of imide groups is 1. The first-order valence-corrected chi connectivity index (χ1v) is 9.85. The third-order valence-corrected chi connectivity index (χ3v) is 4.89. The van der Waals surface area contributed by atoms with Gasteiger partial charge in [-0.3, -0.25) is 14.4 Å². The van der Waals surface area contributed by atoms with E-state index >= 15 is 0 Å². The molecule has 1 saturated heterocycles. The average Bonchev–Trinajstić information content (AvgIpc) is 2.97. The molecule has 0 saturated carbocycles. The molecule has 30 heavy (non-hydrogen) atoms. The van der Waals surface area contributed by atoms with Crippen LogP contribution < -0.4 is 14.4 Å². The first-order valence-electron chi connectivity index (χ1n) is 9.04. The lowest BCUT2D eigenvalue weighted by Gasteiger charge is -2.12. The molecule has 0 atom stereocenters. The smallest absolute Gasteiger partial charge is 0.306 e. The second kappa shape index (κ2) is 9.45. The molecule has 0 unspecified atom stereocenters. The van der Waals surface area contributed by atoms with Gasteiger partial charge in [-0.25, -0.2) is 9.29 Å². The molecule has 2 amide bonds. The minimum atomic E-state index is -0.971. The lowest BCUT2D eigenvalue weighted by Crippen LogP contribution is -2.27. The molecule has 7 nitrogen and oxygen atoms in total. The number of hydrogen-bond donors (Lipinski definition) is 1. The van der Waals surface area contributed by atoms with E-state index in [1.54, 1.807) is 31.2 Å². The molecule has 2 aromatic carbocycles. The summed E-state index contributed by atoms with van der Waals surface area (Å²) in [5, 5.41) is 8.25. The minimum Gasteiger partial charge on any atom is -0.490 e. The van der Waals surface area contributed by atoms with Crippen molar-refractivity contribution in [3.8, 4) is 11.5 Å². The highest BCUT2D eigenvalue weighted by Crippen LogP contribution is 2.37. The Hall–Kier alpha value is -3.33. The number of benzene rings is 2. The normalized spacial score (nSPS) is 15.0. The SMILES string of the molecule is CCOc1cc(/C=C2/SC(=O)N(c3ccc(F)cc3)C2=O)ccc1OCCC(=O)O. The first kappa shape index (κ1) is 21.4. The third kappa shape index (κ3) is 4.98. The second-order valence-corrected chi connectivity index (χ2v) is 7.12. The molecule has 1 N–H and O–H groups in total. The van der Waals surface area contributed by atoms with Crippen LogP contribution >= 0.6 is 11.8 Å². The van der Waals surface area contributed by atoms with Crippen LogP contribution in [0.4, 0.5) is 14.9 Å². The summed E-state index contributed by atoms with van der Waals surface area (Å²) < 4.78 is 24.1. The molecule has 0 radical (unpaired) electrons. The Kier molecular flexibility index (Phi) is 6.73. The lowest BCUT2D eigenvalue weighted by molar-refractivity contribution is -0.137. The lowest BCUT2D eigenvalue weighted by atomic mass is 10.1. The van der Waals surface area contributed by atoms with Gasteiger partial charge in [0.2, 0.25) is 0 Å². The van der Waals surface area contributed by atoms with Crippen molar-refractivity contribution in [3.63, 3.8) is 0 Å². The zero-order valence-corrected chi connectivity index (χ0v) is 16.8. The number of carbonyl (C=O) groups excluding carboxylic acids is 2. The zero-order chi connectivity index (χ0) is 21.7. The standard InChI is InChI=1S/C21H18FNO6S/c1-2-28-17-11-13(3-8-16(17)29-10-9-19(24)25)12-18-20(26)23(21(27)30-18)15-6-4-14(22)5-7-15/h3-8,11-12H,2,9-10H2,1H3,(H,24,25)/b18-12+. The third-order valence-electron chi connectivity index (χ3n) is 4.02. The number of anilines is 1. The van der Waals surface area contributed by atoms with E-state index in [0.717, 1.165) is 16.7 Å². The van der Waals surface area contributed by atoms with E-state index in [1.165, 1.54) is 24.3 Å². The number of amides is 2. The first-order chi connectivity index (χ1) is 14.4. The Morgan fingerprint density at radius 2 is 1.87 bits per heavy atom. The molecule has 0 aromatic heterocycles. The largest absolute Gasteiger partial charge is 0.490 e. The fourth-order valence-corrected chi connectivity index (χ4v) is 3.52. The highest BCUT2D eigenvalue weighted by molar-refractivity contribution is 8.19. The van der Waals surface area contributed by atoms with Gasteiger partial charge < -0.3 is 14.6 Å². The highest BCUT2D eigenvalue weighted by Gasteiger charge is 2.36. The van der Waals surface area contributed by atoms with Crippen molar-refractivity contribution in [2.75, 3.05) is 18.1 Å². The molecule has 1 aliphatic rings. The number of carboxylic acids is 1. The van der Waals surface area contributed by atoms with Gasteiger partial charge in [-0.15, -0.1) is 0 Å². The summed E-state index contributed by atoms with van der Waals surface area (Å²) in [6.07, 6.45) is 1.40. The predicted octanol–water partition coefficient (Wildman–Crippen LogP) is 4.32. The fourth-order valence-electron chi connectivity index (χ4n) is 2.68. The molecular formula is C21H18FNO6S. The number of nitrogens with zero attached hydrogens (tertiary/aromatic N) is 1. The van der Waals surface area contributed by atoms with E-state index in [1.807, 2.05) is 0 Å². The van der Waals surface area contributed by atoms with E-state index in [0.29, 0.717) is 29.4 Å². The van der Waals surface area contributed by atoms with Crippen LogP contribution in [0.25, 0.3) is 6.08 Å². The van der Waals surface area contributed by atoms with Gasteiger partial charge >= 0.3 is 5.97 Å². The molecule has 156 valence electrons. The second-order valence-electron chi connectivity index (χ2n) is 6.12. The van der Waals surface area contributed by atoms with Gasteiger partial charge in [0.25, 0.3) is 11.1 Å². The average molecular weight is 431 g/mol. The number of carboxylic acid groups (broad SMARTS) is 1. The van der Waals surface area contributed by atoms with Crippen molar-refractivity contribution in [3.05, 3.63) is 58.8 Å². The van der Waals surface area contributed by atoms with Crippen molar-refractivity contribution in [1.82, 2.24) is 0 Å². The van der Waals surface area contributed by atoms with Gasteiger partial charge in [0.15, 0.2) is 11.5 Å². The van der Waals surface area contributed by atoms with E-state index in [4.69, 9.17) is 14.6 Å². The number of aliphatic carboxylic acids is 1. The Morgan fingerprint density at radius 1 is 1.13 bits per heavy atom. The zero-order valence-electron chi connectivity index (χ0n) is 16.0. The Balaban J connectivity index is 1.82. The van der Waals surface area contributed by atoms with Crippen molar-refractivity contribution in [1.29, 1.82) is 0 Å². The molecular weight excluding hydrogens is 413 g/mol. The topological polar surface area (TPSA) is 93.1 Å². The summed E-state index contributed by atoms with van der Waals surface area (Å²) in [7, 11) is 0. The van der Waals surface area contributed by atoms with E-state index in [2.05, 4.69) is 0 Å². The van der Waals surface area contributed by atoms with Crippen LogP contribution in [-0.2, 0) is 9.59 Å². The molecule has 0 bridgehead atoms. The van der Waals surface area contributed by atoms with E-state index < -0.39 is 22.9 Å². The number of carbonyl (C=O) groups is 3. The van der Waals surface area contributed by atoms with Gasteiger partial charge in [0, 0.05) is 0 Å². The predicted molar refractivity (Wildman–Crippen MR) is 110 cm³/mol. The molecule has 1 aliphatic heterocycles. The van der Waals surface area contributed by atoms with Gasteiger partial charge in [-0.1, -0.05) is 6.07 Å². The maximum absolute atomic E-state index is 13.1. The molecule has 2 aromatic rings. The summed E-state index contributed by atoms with van der Waals surface area (Å²) in [6, 6.07) is 10.0. The molecule has 0 aliphatic carbocycles. The molecule has 1 heterocycles. The van der Waals surface area contributed by atoms with Gasteiger partial charge in [-0.05, 0) is 66.7 Å². The Bertz CT molecular complexity index is 1010. The summed E-state index contributed by atoms with van der Waals surface area (Å²) in [6.45, 7) is 2.15. The number of rotatable bonds is 8. The molecule has 1 fully saturated rings. The Morgan fingerprint density at radius 3 is 2.53 bits per heavy atom. The van der Waals surface area contributed by atoms with Crippen molar-refractivity contribution in [2.24, 2.45) is 0 Å². The molecule has 3 rings (SSSR count). The van der Waals surface area contributed by atoms with Crippen LogP contribution in [0.5, 0.6) is 11.5 Å². The highest BCUT2D eigenvalue weighted by atomic mass is 32.2. The van der Waals surface area contributed by atoms with Gasteiger partial charge in [-0.2, -0.15) is 0 Å². The van der Waals surface area contributed by atoms with Gasteiger partial charge in [0.05, 0.1) is 30.2 Å². The summed E-state index contributed by atoms with van der Waals surface area (Å²) in [4.78, 5) is 36.9. The molecule has 9 heteroatoms. The summed E-state index contributed by atoms with van der Waals surface area (Å²) in [5.74, 6) is -1.16. The van der Waals surface area contributed by atoms with Crippen LogP contribution in [-0.4, -0.2) is 35.4 Å². The molecule has 0 spiro atoms. The monoisotopic (exact) mass is 431 g/mol. The van der Waals surface area contributed by atoms with Crippen LogP contribution in [0.3, 0.4) is 0 Å². The van der Waals surface area contributed by atoms with Crippen LogP contribution in [0.2, 0.25) is 0 Å². The van der Waals surface area contributed by atoms with E-state index in [-0.39, 0.29) is 17.9 Å². The van der Waals surface area contributed by atoms with E-state index in [9.17, 15) is 18.8 Å². The number of hydrogen-bond acceptors (Lipinski definition) is 6. The Labute approximate surface area is 176 Å². The van der Waals surface area contributed by atoms with Gasteiger partial charge in [0.1, 0.15) is 5.82 Å². The summed E-state index contributed by atoms with van der Waals surface area (Å²) in [5.41, 5.74) is 0.896. The van der Waals surface area contributed by atoms with Crippen molar-refractivity contribution >= 4 is 40.6 Å². The number of thioether (sulfide) groups is 1. The number of ether oxygens (including phenoxy) is 2. The summed E-state index contributed by atoms with van der Waals surface area (Å²) >= 11 is 0.784. The quantitative estimate of drug-likeness (QED) is 0.622.